The van der Waals surface area contributed by atoms with E-state index in [0.717, 1.165) is 11.3 Å². The van der Waals surface area contributed by atoms with Crippen molar-refractivity contribution in [2.75, 3.05) is 12.8 Å². The lowest BCUT2D eigenvalue weighted by Crippen LogP contribution is -2.20. The molecular formula is C11H13N5. The Morgan fingerprint density at radius 3 is 2.69 bits per heavy atom. The Morgan fingerprint density at radius 1 is 1.25 bits per heavy atom. The van der Waals surface area contributed by atoms with Crippen LogP contribution in [0.25, 0.3) is 0 Å². The molecule has 5 heteroatoms. The standard InChI is InChI=1S/C11H13N5/c1-13-11(10-3-5-15-7-16-10)8-6-14-4-2-9(8)12/h2-7,11,13H,1H3,(H2,12,14). The lowest BCUT2D eigenvalue weighted by molar-refractivity contribution is 0.667. The maximum atomic E-state index is 5.91. The van der Waals surface area contributed by atoms with E-state index >= 15 is 0 Å². The van der Waals surface area contributed by atoms with Crippen LogP contribution < -0.4 is 11.1 Å². The summed E-state index contributed by atoms with van der Waals surface area (Å²) < 4.78 is 0. The highest BCUT2D eigenvalue weighted by Crippen LogP contribution is 2.23. The van der Waals surface area contributed by atoms with Crippen LogP contribution in [0.3, 0.4) is 0 Å². The molecule has 5 nitrogen and oxygen atoms in total. The quantitative estimate of drug-likeness (QED) is 0.790. The molecular weight excluding hydrogens is 202 g/mol. The van der Waals surface area contributed by atoms with Gasteiger partial charge in [-0.2, -0.15) is 0 Å². The van der Waals surface area contributed by atoms with Crippen LogP contribution in [-0.2, 0) is 0 Å². The van der Waals surface area contributed by atoms with Gasteiger partial charge in [0.25, 0.3) is 0 Å². The normalized spacial score (nSPS) is 12.3. The number of nitrogens with zero attached hydrogens (tertiary/aromatic N) is 3. The first-order chi connectivity index (χ1) is 7.83. The summed E-state index contributed by atoms with van der Waals surface area (Å²) in [6, 6.07) is 3.57. The molecule has 0 saturated heterocycles. The van der Waals surface area contributed by atoms with Gasteiger partial charge in [-0.3, -0.25) is 4.98 Å². The molecule has 82 valence electrons. The van der Waals surface area contributed by atoms with E-state index in [-0.39, 0.29) is 6.04 Å². The fraction of sp³-hybridized carbons (Fsp3) is 0.182. The van der Waals surface area contributed by atoms with Gasteiger partial charge in [0.1, 0.15) is 6.33 Å². The molecule has 0 fully saturated rings. The van der Waals surface area contributed by atoms with Crippen LogP contribution in [0.15, 0.2) is 37.1 Å². The smallest absolute Gasteiger partial charge is 0.115 e. The number of aromatic nitrogens is 3. The van der Waals surface area contributed by atoms with Gasteiger partial charge in [0, 0.05) is 29.8 Å². The molecule has 3 N–H and O–H groups in total. The summed E-state index contributed by atoms with van der Waals surface area (Å²) in [5.74, 6) is 0. The van der Waals surface area contributed by atoms with Crippen LogP contribution in [0.2, 0.25) is 0 Å². The maximum Gasteiger partial charge on any atom is 0.115 e. The number of anilines is 1. The molecule has 16 heavy (non-hydrogen) atoms. The molecule has 0 aliphatic heterocycles. The maximum absolute atomic E-state index is 5.91. The molecule has 1 unspecified atom stereocenters. The minimum atomic E-state index is -0.0586. The van der Waals surface area contributed by atoms with Gasteiger partial charge in [-0.05, 0) is 19.2 Å². The molecule has 2 heterocycles. The van der Waals surface area contributed by atoms with E-state index in [1.54, 1.807) is 24.7 Å². The summed E-state index contributed by atoms with van der Waals surface area (Å²) >= 11 is 0. The van der Waals surface area contributed by atoms with Crippen LogP contribution in [0, 0.1) is 0 Å². The largest absolute Gasteiger partial charge is 0.398 e. The number of hydrogen-bond donors (Lipinski definition) is 2. The molecule has 0 bridgehead atoms. The van der Waals surface area contributed by atoms with E-state index in [1.165, 1.54) is 6.33 Å². The SMILES string of the molecule is CNC(c1ccncn1)c1cnccc1N. The monoisotopic (exact) mass is 215 g/mol. The predicted molar refractivity (Wildman–Crippen MR) is 61.6 cm³/mol. The van der Waals surface area contributed by atoms with Crippen LogP contribution in [0.4, 0.5) is 5.69 Å². The van der Waals surface area contributed by atoms with E-state index in [0.29, 0.717) is 5.69 Å². The zero-order valence-electron chi connectivity index (χ0n) is 8.96. The number of nitrogen functional groups attached to an aromatic ring is 1. The summed E-state index contributed by atoms with van der Waals surface area (Å²) in [7, 11) is 1.86. The summed E-state index contributed by atoms with van der Waals surface area (Å²) in [6.07, 6.45) is 6.65. The Kier molecular flexibility index (Phi) is 3.07. The van der Waals surface area contributed by atoms with Crippen molar-refractivity contribution in [1.82, 2.24) is 20.3 Å². The minimum Gasteiger partial charge on any atom is -0.398 e. The predicted octanol–water partition coefficient (Wildman–Crippen LogP) is 0.763. The first-order valence-electron chi connectivity index (χ1n) is 4.95. The Balaban J connectivity index is 2.41. The molecule has 2 rings (SSSR count). The van der Waals surface area contributed by atoms with Gasteiger partial charge >= 0.3 is 0 Å². The van der Waals surface area contributed by atoms with Crippen molar-refractivity contribution in [2.24, 2.45) is 0 Å². The number of nitrogens with two attached hydrogens (primary N) is 1. The minimum absolute atomic E-state index is 0.0586. The Morgan fingerprint density at radius 2 is 2.06 bits per heavy atom. The summed E-state index contributed by atoms with van der Waals surface area (Å²) in [4.78, 5) is 12.2. The molecule has 1 atom stereocenters. The van der Waals surface area contributed by atoms with Crippen molar-refractivity contribution < 1.29 is 0 Å². The molecule has 0 aliphatic carbocycles. The van der Waals surface area contributed by atoms with Crippen LogP contribution >= 0.6 is 0 Å². The van der Waals surface area contributed by atoms with Gasteiger partial charge in [-0.25, -0.2) is 9.97 Å². The fourth-order valence-corrected chi connectivity index (χ4v) is 1.59. The van der Waals surface area contributed by atoms with Crippen molar-refractivity contribution in [3.8, 4) is 0 Å². The summed E-state index contributed by atoms with van der Waals surface area (Å²) in [5, 5.41) is 3.17. The van der Waals surface area contributed by atoms with Crippen molar-refractivity contribution in [3.63, 3.8) is 0 Å². The molecule has 2 aromatic rings. The number of nitrogens with one attached hydrogen (secondary N) is 1. The van der Waals surface area contributed by atoms with E-state index in [4.69, 9.17) is 5.73 Å². The van der Waals surface area contributed by atoms with E-state index in [9.17, 15) is 0 Å². The van der Waals surface area contributed by atoms with Gasteiger partial charge in [0.05, 0.1) is 11.7 Å². The number of pyridine rings is 1. The van der Waals surface area contributed by atoms with Crippen molar-refractivity contribution in [2.45, 2.75) is 6.04 Å². The van der Waals surface area contributed by atoms with Crippen LogP contribution in [0.5, 0.6) is 0 Å². The third-order valence-electron chi connectivity index (χ3n) is 2.39. The van der Waals surface area contributed by atoms with Crippen molar-refractivity contribution in [1.29, 1.82) is 0 Å². The highest BCUT2D eigenvalue weighted by Gasteiger charge is 2.15. The molecule has 0 radical (unpaired) electrons. The van der Waals surface area contributed by atoms with Gasteiger partial charge in [0.15, 0.2) is 0 Å². The fourth-order valence-electron chi connectivity index (χ4n) is 1.59. The zero-order chi connectivity index (χ0) is 11.4. The zero-order valence-corrected chi connectivity index (χ0v) is 8.96. The highest BCUT2D eigenvalue weighted by atomic mass is 14.9. The number of hydrogen-bond acceptors (Lipinski definition) is 5. The second-order valence-electron chi connectivity index (χ2n) is 3.36. The topological polar surface area (TPSA) is 76.7 Å². The Bertz CT molecular complexity index is 457. The Hall–Kier alpha value is -2.01. The van der Waals surface area contributed by atoms with Gasteiger partial charge in [0.2, 0.25) is 0 Å². The van der Waals surface area contributed by atoms with Crippen LogP contribution in [0.1, 0.15) is 17.3 Å². The van der Waals surface area contributed by atoms with Crippen LogP contribution in [-0.4, -0.2) is 22.0 Å². The van der Waals surface area contributed by atoms with E-state index in [1.807, 2.05) is 13.1 Å². The second kappa shape index (κ2) is 4.67. The molecule has 0 aromatic carbocycles. The molecule has 2 aromatic heterocycles. The van der Waals surface area contributed by atoms with Gasteiger partial charge in [-0.15, -0.1) is 0 Å². The molecule has 0 aliphatic rings. The van der Waals surface area contributed by atoms with Gasteiger partial charge < -0.3 is 11.1 Å². The third kappa shape index (κ3) is 1.99. The summed E-state index contributed by atoms with van der Waals surface area (Å²) in [6.45, 7) is 0. The van der Waals surface area contributed by atoms with Crippen molar-refractivity contribution in [3.05, 3.63) is 48.3 Å². The van der Waals surface area contributed by atoms with E-state index < -0.39 is 0 Å². The Labute approximate surface area is 93.8 Å². The first-order valence-corrected chi connectivity index (χ1v) is 4.95. The van der Waals surface area contributed by atoms with E-state index in [2.05, 4.69) is 20.3 Å². The molecule has 0 spiro atoms. The summed E-state index contributed by atoms with van der Waals surface area (Å²) in [5.41, 5.74) is 8.41. The lowest BCUT2D eigenvalue weighted by atomic mass is 10.0. The average molecular weight is 215 g/mol. The first kappa shape index (κ1) is 10.5. The number of rotatable bonds is 3. The van der Waals surface area contributed by atoms with Gasteiger partial charge in [-0.1, -0.05) is 0 Å². The van der Waals surface area contributed by atoms with Crippen molar-refractivity contribution >= 4 is 5.69 Å². The molecule has 0 amide bonds. The highest BCUT2D eigenvalue weighted by molar-refractivity contribution is 5.48. The third-order valence-corrected chi connectivity index (χ3v) is 2.39. The lowest BCUT2D eigenvalue weighted by Gasteiger charge is -2.16. The molecule has 0 saturated carbocycles. The second-order valence-corrected chi connectivity index (χ2v) is 3.36. The average Bonchev–Trinajstić information content (AvgIpc) is 2.34.